The van der Waals surface area contributed by atoms with Crippen LogP contribution < -0.4 is 4.74 Å². The summed E-state index contributed by atoms with van der Waals surface area (Å²) in [6, 6.07) is 16.3. The summed E-state index contributed by atoms with van der Waals surface area (Å²) in [5.74, 6) is 0.744. The van der Waals surface area contributed by atoms with Gasteiger partial charge in [0.1, 0.15) is 5.75 Å². The van der Waals surface area contributed by atoms with Gasteiger partial charge >= 0.3 is 5.97 Å². The van der Waals surface area contributed by atoms with E-state index in [4.69, 9.17) is 9.47 Å². The van der Waals surface area contributed by atoms with Crippen molar-refractivity contribution in [3.05, 3.63) is 65.7 Å². The molecule has 1 unspecified atom stereocenters. The highest BCUT2D eigenvalue weighted by atomic mass is 16.6. The van der Waals surface area contributed by atoms with E-state index in [-0.39, 0.29) is 0 Å². The standard InChI is InChI=1S/C18H16N2O3/c1-22-15-9-7-13(8-10-15)11-19-12-16-18(21)23-17(20-16)14-5-3-2-4-6-14/h2-10,12,16H,11H2,1H3. The van der Waals surface area contributed by atoms with Crippen LogP contribution in [-0.2, 0) is 16.1 Å². The molecular formula is C18H16N2O3. The summed E-state index contributed by atoms with van der Waals surface area (Å²) >= 11 is 0. The maximum atomic E-state index is 11.8. The van der Waals surface area contributed by atoms with E-state index in [2.05, 4.69) is 9.98 Å². The molecule has 0 spiro atoms. The molecule has 0 radical (unpaired) electrons. The third kappa shape index (κ3) is 3.63. The first-order valence-corrected chi connectivity index (χ1v) is 7.24. The second-order valence-corrected chi connectivity index (χ2v) is 5.00. The number of esters is 1. The Morgan fingerprint density at radius 3 is 2.61 bits per heavy atom. The Hall–Kier alpha value is -2.95. The van der Waals surface area contributed by atoms with E-state index in [0.29, 0.717) is 12.4 Å². The molecule has 1 aliphatic heterocycles. The van der Waals surface area contributed by atoms with Crippen molar-refractivity contribution in [1.82, 2.24) is 0 Å². The second-order valence-electron chi connectivity index (χ2n) is 5.00. The Kier molecular flexibility index (Phi) is 4.47. The predicted octanol–water partition coefficient (Wildman–Crippen LogP) is 2.64. The van der Waals surface area contributed by atoms with E-state index in [0.717, 1.165) is 16.9 Å². The lowest BCUT2D eigenvalue weighted by atomic mass is 10.2. The molecule has 0 saturated heterocycles. The molecule has 0 fully saturated rings. The van der Waals surface area contributed by atoms with Gasteiger partial charge in [0.25, 0.3) is 0 Å². The van der Waals surface area contributed by atoms with Gasteiger partial charge in [-0.2, -0.15) is 0 Å². The van der Waals surface area contributed by atoms with Gasteiger partial charge in [-0.3, -0.25) is 4.99 Å². The summed E-state index contributed by atoms with van der Waals surface area (Å²) in [4.78, 5) is 20.4. The number of ether oxygens (including phenoxy) is 2. The Morgan fingerprint density at radius 1 is 1.17 bits per heavy atom. The number of cyclic esters (lactones) is 1. The number of carbonyl (C=O) groups excluding carboxylic acids is 1. The Morgan fingerprint density at radius 2 is 1.91 bits per heavy atom. The fourth-order valence-electron chi connectivity index (χ4n) is 2.16. The maximum Gasteiger partial charge on any atom is 0.343 e. The van der Waals surface area contributed by atoms with Crippen molar-refractivity contribution in [2.75, 3.05) is 7.11 Å². The van der Waals surface area contributed by atoms with Gasteiger partial charge in [-0.25, -0.2) is 9.79 Å². The van der Waals surface area contributed by atoms with Crippen molar-refractivity contribution in [2.45, 2.75) is 12.6 Å². The first-order valence-electron chi connectivity index (χ1n) is 7.24. The number of rotatable bonds is 5. The molecule has 5 nitrogen and oxygen atoms in total. The smallest absolute Gasteiger partial charge is 0.343 e. The molecule has 2 aromatic rings. The monoisotopic (exact) mass is 308 g/mol. The Labute approximate surface area is 134 Å². The average molecular weight is 308 g/mol. The largest absolute Gasteiger partial charge is 0.497 e. The lowest BCUT2D eigenvalue weighted by Gasteiger charge is -2.00. The minimum atomic E-state index is -0.677. The minimum Gasteiger partial charge on any atom is -0.497 e. The van der Waals surface area contributed by atoms with E-state index >= 15 is 0 Å². The predicted molar refractivity (Wildman–Crippen MR) is 88.0 cm³/mol. The van der Waals surface area contributed by atoms with Crippen LogP contribution in [0.15, 0.2) is 64.6 Å². The molecule has 3 rings (SSSR count). The number of hydrogen-bond acceptors (Lipinski definition) is 5. The van der Waals surface area contributed by atoms with Crippen molar-refractivity contribution in [3.8, 4) is 5.75 Å². The molecule has 0 aromatic heterocycles. The normalized spacial score (nSPS) is 17.2. The molecule has 1 atom stereocenters. The third-order valence-electron chi connectivity index (χ3n) is 3.40. The third-order valence-corrected chi connectivity index (χ3v) is 3.40. The summed E-state index contributed by atoms with van der Waals surface area (Å²) in [5, 5.41) is 0. The number of hydrogen-bond donors (Lipinski definition) is 0. The number of benzene rings is 2. The van der Waals surface area contributed by atoms with E-state index in [1.807, 2.05) is 54.6 Å². The van der Waals surface area contributed by atoms with Gasteiger partial charge in [-0.05, 0) is 29.8 Å². The SMILES string of the molecule is COc1ccc(CN=CC2N=C(c3ccccc3)OC2=O)cc1. The molecule has 116 valence electrons. The van der Waals surface area contributed by atoms with Crippen LogP contribution in [0.4, 0.5) is 0 Å². The van der Waals surface area contributed by atoms with E-state index in [9.17, 15) is 4.79 Å². The summed E-state index contributed by atoms with van der Waals surface area (Å²) in [5.41, 5.74) is 1.81. The van der Waals surface area contributed by atoms with Crippen LogP contribution in [0, 0.1) is 0 Å². The van der Waals surface area contributed by atoms with Crippen molar-refractivity contribution < 1.29 is 14.3 Å². The van der Waals surface area contributed by atoms with E-state index in [1.165, 1.54) is 6.21 Å². The van der Waals surface area contributed by atoms with Crippen molar-refractivity contribution in [2.24, 2.45) is 9.98 Å². The number of aliphatic imine (C=N–C) groups is 2. The lowest BCUT2D eigenvalue weighted by Crippen LogP contribution is -2.16. The van der Waals surface area contributed by atoms with Crippen LogP contribution in [0.3, 0.4) is 0 Å². The zero-order valence-corrected chi connectivity index (χ0v) is 12.7. The summed E-state index contributed by atoms with van der Waals surface area (Å²) in [6.45, 7) is 0.476. The first-order chi connectivity index (χ1) is 11.3. The molecule has 0 saturated carbocycles. The highest BCUT2D eigenvalue weighted by Gasteiger charge is 2.28. The minimum absolute atomic E-state index is 0.344. The molecule has 23 heavy (non-hydrogen) atoms. The van der Waals surface area contributed by atoms with Gasteiger partial charge < -0.3 is 9.47 Å². The highest BCUT2D eigenvalue weighted by molar-refractivity contribution is 6.11. The van der Waals surface area contributed by atoms with Crippen LogP contribution in [-0.4, -0.2) is 31.2 Å². The first kappa shape index (κ1) is 15.0. The Bertz CT molecular complexity index is 737. The van der Waals surface area contributed by atoms with Gasteiger partial charge in [0.15, 0.2) is 6.04 Å². The summed E-state index contributed by atoms with van der Waals surface area (Å²) < 4.78 is 10.3. The van der Waals surface area contributed by atoms with Gasteiger partial charge in [0.2, 0.25) is 5.90 Å². The molecule has 0 aliphatic carbocycles. The van der Waals surface area contributed by atoms with Crippen molar-refractivity contribution >= 4 is 18.1 Å². The molecule has 1 aliphatic rings. The number of nitrogens with zero attached hydrogens (tertiary/aromatic N) is 2. The van der Waals surface area contributed by atoms with Crippen LogP contribution >= 0.6 is 0 Å². The summed E-state index contributed by atoms with van der Waals surface area (Å²) in [6.07, 6.45) is 1.53. The fraction of sp³-hybridized carbons (Fsp3) is 0.167. The molecule has 2 aromatic carbocycles. The molecule has 5 heteroatoms. The molecule has 0 bridgehead atoms. The average Bonchev–Trinajstić information content (AvgIpc) is 2.97. The molecule has 0 amide bonds. The fourth-order valence-corrected chi connectivity index (χ4v) is 2.16. The zero-order chi connectivity index (χ0) is 16.1. The molecular weight excluding hydrogens is 292 g/mol. The summed E-state index contributed by atoms with van der Waals surface area (Å²) in [7, 11) is 1.63. The van der Waals surface area contributed by atoms with E-state index < -0.39 is 12.0 Å². The second kappa shape index (κ2) is 6.87. The topological polar surface area (TPSA) is 60.3 Å². The van der Waals surface area contributed by atoms with Crippen LogP contribution in [0.5, 0.6) is 5.75 Å². The van der Waals surface area contributed by atoms with Crippen molar-refractivity contribution in [1.29, 1.82) is 0 Å². The molecule has 0 N–H and O–H groups in total. The zero-order valence-electron chi connectivity index (χ0n) is 12.7. The van der Waals surface area contributed by atoms with Gasteiger partial charge in [0.05, 0.1) is 13.7 Å². The quantitative estimate of drug-likeness (QED) is 0.630. The van der Waals surface area contributed by atoms with E-state index in [1.54, 1.807) is 7.11 Å². The number of methoxy groups -OCH3 is 1. The van der Waals surface area contributed by atoms with Crippen LogP contribution in [0.25, 0.3) is 0 Å². The Balaban J connectivity index is 1.65. The van der Waals surface area contributed by atoms with Gasteiger partial charge in [0, 0.05) is 11.8 Å². The van der Waals surface area contributed by atoms with Gasteiger partial charge in [-0.15, -0.1) is 0 Å². The lowest BCUT2D eigenvalue weighted by molar-refractivity contribution is -0.133. The van der Waals surface area contributed by atoms with Crippen LogP contribution in [0.2, 0.25) is 0 Å². The number of carbonyl (C=O) groups is 1. The van der Waals surface area contributed by atoms with Gasteiger partial charge in [-0.1, -0.05) is 30.3 Å². The van der Waals surface area contributed by atoms with Crippen molar-refractivity contribution in [3.63, 3.8) is 0 Å². The molecule has 1 heterocycles. The van der Waals surface area contributed by atoms with Crippen LogP contribution in [0.1, 0.15) is 11.1 Å². The maximum absolute atomic E-state index is 11.8. The highest BCUT2D eigenvalue weighted by Crippen LogP contribution is 2.14.